The van der Waals surface area contributed by atoms with Gasteiger partial charge in [0.15, 0.2) is 11.0 Å². The molecule has 1 aromatic heterocycles. The minimum absolute atomic E-state index is 0.206. The van der Waals surface area contributed by atoms with E-state index >= 15 is 0 Å². The fourth-order valence-electron chi connectivity index (χ4n) is 1.60. The van der Waals surface area contributed by atoms with Crippen LogP contribution in [-0.4, -0.2) is 22.4 Å². The number of aromatic carboxylic acids is 1. The minimum Gasteiger partial charge on any atom is -0.478 e. The number of pyridine rings is 1. The van der Waals surface area contributed by atoms with Crippen molar-refractivity contribution in [3.63, 3.8) is 0 Å². The van der Waals surface area contributed by atoms with Gasteiger partial charge in [-0.1, -0.05) is 11.6 Å². The summed E-state index contributed by atoms with van der Waals surface area (Å²) < 4.78 is 53.1. The second-order valence-electron chi connectivity index (χ2n) is 4.16. The molecule has 0 radical (unpaired) electrons. The summed E-state index contributed by atoms with van der Waals surface area (Å²) >= 11 is 5.49. The van der Waals surface area contributed by atoms with Gasteiger partial charge in [0.2, 0.25) is 0 Å². The molecule has 0 aliphatic heterocycles. The zero-order valence-corrected chi connectivity index (χ0v) is 11.7. The first-order valence-electron chi connectivity index (χ1n) is 5.88. The van der Waals surface area contributed by atoms with E-state index in [0.29, 0.717) is 6.07 Å². The Morgan fingerprint density at radius 2 is 1.87 bits per heavy atom. The van der Waals surface area contributed by atoms with Crippen molar-refractivity contribution in [3.8, 4) is 5.75 Å². The second-order valence-corrected chi connectivity index (χ2v) is 4.52. The molecule has 0 aliphatic rings. The van der Waals surface area contributed by atoms with Crippen LogP contribution in [0.15, 0.2) is 30.3 Å². The number of rotatable bonds is 4. The number of hydrogen-bond donors (Lipinski definition) is 2. The van der Waals surface area contributed by atoms with Crippen molar-refractivity contribution in [1.29, 1.82) is 0 Å². The molecule has 0 spiro atoms. The van der Waals surface area contributed by atoms with Gasteiger partial charge in [0.1, 0.15) is 17.1 Å². The Balaban J connectivity index is 2.26. The smallest absolute Gasteiger partial charge is 0.478 e. The van der Waals surface area contributed by atoms with E-state index in [4.69, 9.17) is 16.7 Å². The van der Waals surface area contributed by atoms with E-state index < -0.39 is 34.6 Å². The largest absolute Gasteiger partial charge is 0.573 e. The molecule has 23 heavy (non-hydrogen) atoms. The standard InChI is InChI=1S/C13H7ClF4N2O3/c14-10-9(15)5-8(12(21)22)11(20-10)19-6-1-3-7(4-2-6)23-13(16,17)18/h1-5H,(H,19,20)(H,21,22). The molecule has 5 nitrogen and oxygen atoms in total. The average Bonchev–Trinajstić information content (AvgIpc) is 2.43. The van der Waals surface area contributed by atoms with Crippen LogP contribution in [0, 0.1) is 5.82 Å². The van der Waals surface area contributed by atoms with Crippen molar-refractivity contribution in [2.45, 2.75) is 6.36 Å². The molecule has 0 saturated carbocycles. The van der Waals surface area contributed by atoms with Crippen LogP contribution < -0.4 is 10.1 Å². The molecule has 2 rings (SSSR count). The summed E-state index contributed by atoms with van der Waals surface area (Å²) in [6.07, 6.45) is -4.82. The number of nitrogens with one attached hydrogen (secondary N) is 1. The third kappa shape index (κ3) is 4.46. The van der Waals surface area contributed by atoms with Crippen molar-refractivity contribution in [1.82, 2.24) is 4.98 Å². The predicted octanol–water partition coefficient (Wildman–Crippen LogP) is 4.21. The number of nitrogens with zero attached hydrogens (tertiary/aromatic N) is 1. The predicted molar refractivity (Wildman–Crippen MR) is 72.6 cm³/mol. The first-order valence-corrected chi connectivity index (χ1v) is 6.25. The number of carboxylic acid groups (broad SMARTS) is 1. The lowest BCUT2D eigenvalue weighted by Crippen LogP contribution is -2.17. The summed E-state index contributed by atoms with van der Waals surface area (Å²) in [5.74, 6) is -3.17. The second kappa shape index (κ2) is 6.29. The minimum atomic E-state index is -4.82. The average molecular weight is 351 g/mol. The van der Waals surface area contributed by atoms with E-state index in [2.05, 4.69) is 15.0 Å². The summed E-state index contributed by atoms with van der Waals surface area (Å²) in [6, 6.07) is 5.11. The lowest BCUT2D eigenvalue weighted by Gasteiger charge is -2.11. The Hall–Kier alpha value is -2.55. The molecule has 122 valence electrons. The fraction of sp³-hybridized carbons (Fsp3) is 0.0769. The summed E-state index contributed by atoms with van der Waals surface area (Å²) in [4.78, 5) is 14.6. The molecule has 1 heterocycles. The van der Waals surface area contributed by atoms with Crippen molar-refractivity contribution in [2.75, 3.05) is 5.32 Å². The van der Waals surface area contributed by atoms with Crippen LogP contribution in [0.3, 0.4) is 0 Å². The zero-order chi connectivity index (χ0) is 17.2. The number of alkyl halides is 3. The fourth-order valence-corrected chi connectivity index (χ4v) is 1.74. The monoisotopic (exact) mass is 350 g/mol. The molecule has 0 saturated heterocycles. The van der Waals surface area contributed by atoms with Crippen molar-refractivity contribution in [2.24, 2.45) is 0 Å². The van der Waals surface area contributed by atoms with Crippen LogP contribution in [0.4, 0.5) is 29.1 Å². The van der Waals surface area contributed by atoms with E-state index in [0.717, 1.165) is 12.1 Å². The third-order valence-corrected chi connectivity index (χ3v) is 2.78. The van der Waals surface area contributed by atoms with Crippen LogP contribution in [0.1, 0.15) is 10.4 Å². The van der Waals surface area contributed by atoms with E-state index in [9.17, 15) is 22.4 Å². The van der Waals surface area contributed by atoms with Gasteiger partial charge < -0.3 is 15.2 Å². The lowest BCUT2D eigenvalue weighted by molar-refractivity contribution is -0.274. The topological polar surface area (TPSA) is 71.5 Å². The number of ether oxygens (including phenoxy) is 1. The number of halogens is 5. The van der Waals surface area contributed by atoms with Crippen LogP contribution in [-0.2, 0) is 0 Å². The van der Waals surface area contributed by atoms with E-state index in [1.807, 2.05) is 0 Å². The lowest BCUT2D eigenvalue weighted by atomic mass is 10.2. The van der Waals surface area contributed by atoms with Gasteiger partial charge in [0.05, 0.1) is 0 Å². The number of anilines is 2. The van der Waals surface area contributed by atoms with Crippen LogP contribution >= 0.6 is 11.6 Å². The van der Waals surface area contributed by atoms with Crippen LogP contribution in [0.5, 0.6) is 5.75 Å². The maximum atomic E-state index is 13.3. The highest BCUT2D eigenvalue weighted by molar-refractivity contribution is 6.29. The molecule has 1 aromatic carbocycles. The first kappa shape index (κ1) is 16.8. The molecule has 0 unspecified atom stereocenters. The van der Waals surface area contributed by atoms with E-state index in [1.54, 1.807) is 0 Å². The summed E-state index contributed by atoms with van der Waals surface area (Å²) in [5.41, 5.74) is -0.278. The maximum Gasteiger partial charge on any atom is 0.573 e. The molecule has 10 heteroatoms. The van der Waals surface area contributed by atoms with Gasteiger partial charge >= 0.3 is 12.3 Å². The molecule has 0 fully saturated rings. The Bertz CT molecular complexity index is 735. The summed E-state index contributed by atoms with van der Waals surface area (Å²) in [6.45, 7) is 0. The van der Waals surface area contributed by atoms with Gasteiger partial charge in [-0.25, -0.2) is 14.2 Å². The number of benzene rings is 1. The molecular weight excluding hydrogens is 344 g/mol. The Labute approximate surface area is 131 Å². The Morgan fingerprint density at radius 3 is 2.39 bits per heavy atom. The number of aromatic nitrogens is 1. The quantitative estimate of drug-likeness (QED) is 0.638. The molecule has 0 aliphatic carbocycles. The van der Waals surface area contributed by atoms with Crippen LogP contribution in [0.25, 0.3) is 0 Å². The number of hydrogen-bond acceptors (Lipinski definition) is 4. The molecule has 0 bridgehead atoms. The maximum absolute atomic E-state index is 13.3. The third-order valence-electron chi connectivity index (χ3n) is 2.51. The van der Waals surface area contributed by atoms with Gasteiger partial charge in [0.25, 0.3) is 0 Å². The number of carboxylic acids is 1. The van der Waals surface area contributed by atoms with Crippen LogP contribution in [0.2, 0.25) is 5.15 Å². The van der Waals surface area contributed by atoms with E-state index in [1.165, 1.54) is 12.1 Å². The Kier molecular flexibility index (Phi) is 4.60. The van der Waals surface area contributed by atoms with Crippen molar-refractivity contribution >= 4 is 29.1 Å². The summed E-state index contributed by atoms with van der Waals surface area (Å²) in [5, 5.41) is 11.0. The van der Waals surface area contributed by atoms with Gasteiger partial charge in [-0.2, -0.15) is 0 Å². The molecular formula is C13H7ClF4N2O3. The van der Waals surface area contributed by atoms with Crippen molar-refractivity contribution in [3.05, 3.63) is 46.9 Å². The van der Waals surface area contributed by atoms with Gasteiger partial charge in [-0.15, -0.1) is 13.2 Å². The van der Waals surface area contributed by atoms with E-state index in [-0.39, 0.29) is 11.5 Å². The molecule has 2 aromatic rings. The van der Waals surface area contributed by atoms with Crippen molar-refractivity contribution < 1.29 is 32.2 Å². The summed E-state index contributed by atoms with van der Waals surface area (Å²) in [7, 11) is 0. The number of carbonyl (C=O) groups is 1. The van der Waals surface area contributed by atoms with Gasteiger partial charge in [-0.3, -0.25) is 0 Å². The zero-order valence-electron chi connectivity index (χ0n) is 11.0. The molecule has 0 amide bonds. The first-order chi connectivity index (χ1) is 10.7. The SMILES string of the molecule is O=C(O)c1cc(F)c(Cl)nc1Nc1ccc(OC(F)(F)F)cc1. The highest BCUT2D eigenvalue weighted by Gasteiger charge is 2.31. The van der Waals surface area contributed by atoms with Gasteiger partial charge in [0, 0.05) is 5.69 Å². The molecule has 2 N–H and O–H groups in total. The normalized spacial score (nSPS) is 11.2. The molecule has 0 atom stereocenters. The van der Waals surface area contributed by atoms with Gasteiger partial charge in [-0.05, 0) is 30.3 Å². The highest BCUT2D eigenvalue weighted by atomic mass is 35.5. The Morgan fingerprint density at radius 1 is 1.26 bits per heavy atom. The highest BCUT2D eigenvalue weighted by Crippen LogP contribution is 2.27.